The second kappa shape index (κ2) is 11.4. The maximum atomic E-state index is 5.24. The number of thiophene rings is 1. The number of hydrogen-bond donors (Lipinski definition) is 0. The Kier molecular flexibility index (Phi) is 6.39. The Bertz CT molecular complexity index is 3140. The molecule has 0 atom stereocenters. The predicted molar refractivity (Wildman–Crippen MR) is 218 cm³/mol. The molecule has 0 N–H and O–H groups in total. The van der Waals surface area contributed by atoms with Crippen molar-refractivity contribution in [2.75, 3.05) is 0 Å². The molecule has 3 heterocycles. The third-order valence-corrected chi connectivity index (χ3v) is 11.4. The molecule has 0 unspecified atom stereocenters. The first-order valence-electron chi connectivity index (χ1n) is 17.4. The second-order valence-electron chi connectivity index (χ2n) is 13.2. The van der Waals surface area contributed by atoms with Crippen molar-refractivity contribution in [3.63, 3.8) is 0 Å². The molecule has 0 fully saturated rings. The number of para-hydroxylation sites is 2. The predicted octanol–water partition coefficient (Wildman–Crippen LogP) is 12.6. The molecule has 0 saturated carbocycles. The number of rotatable bonds is 4. The van der Waals surface area contributed by atoms with E-state index in [1.807, 2.05) is 29.5 Å². The van der Waals surface area contributed by atoms with Gasteiger partial charge >= 0.3 is 0 Å². The Morgan fingerprint density at radius 2 is 1.02 bits per heavy atom. The molecule has 0 spiro atoms. The second-order valence-corrected chi connectivity index (χ2v) is 14.3. The quantitative estimate of drug-likeness (QED) is 0.186. The van der Waals surface area contributed by atoms with Gasteiger partial charge in [-0.25, -0.2) is 15.0 Å². The third-order valence-electron chi connectivity index (χ3n) is 10.2. The van der Waals surface area contributed by atoms with Gasteiger partial charge in [0.25, 0.3) is 0 Å². The van der Waals surface area contributed by atoms with E-state index in [1.54, 1.807) is 0 Å². The molecule has 0 aliphatic rings. The van der Waals surface area contributed by atoms with E-state index in [9.17, 15) is 0 Å². The van der Waals surface area contributed by atoms with Crippen molar-refractivity contribution < 1.29 is 0 Å². The monoisotopic (exact) mass is 680 g/mol. The SMILES string of the molecule is c1ccc(-c2nc(-c3ccc4ccccc4c3)nc(-c3cc4ccccc4c4c3sc3cc(-n5c6ccccc6c6ccccc65)ccc34)n2)cc1. The third kappa shape index (κ3) is 4.50. The molecule has 0 saturated heterocycles. The van der Waals surface area contributed by atoms with E-state index < -0.39 is 0 Å². The number of hydrogen-bond acceptors (Lipinski definition) is 4. The lowest BCUT2D eigenvalue weighted by molar-refractivity contribution is 1.08. The van der Waals surface area contributed by atoms with Gasteiger partial charge in [0.2, 0.25) is 0 Å². The molecule has 0 amide bonds. The van der Waals surface area contributed by atoms with Crippen molar-refractivity contribution in [3.8, 4) is 39.9 Å². The van der Waals surface area contributed by atoms with E-state index in [4.69, 9.17) is 15.0 Å². The Hall–Kier alpha value is -6.69. The zero-order chi connectivity index (χ0) is 34.2. The summed E-state index contributed by atoms with van der Waals surface area (Å²) >= 11 is 1.81. The summed E-state index contributed by atoms with van der Waals surface area (Å²) in [6, 6.07) is 60.2. The van der Waals surface area contributed by atoms with Crippen LogP contribution >= 0.6 is 11.3 Å². The summed E-state index contributed by atoms with van der Waals surface area (Å²) in [6.07, 6.45) is 0. The first-order chi connectivity index (χ1) is 25.8. The van der Waals surface area contributed by atoms with E-state index in [1.165, 1.54) is 52.8 Å². The van der Waals surface area contributed by atoms with Gasteiger partial charge < -0.3 is 4.57 Å². The van der Waals surface area contributed by atoms with Crippen molar-refractivity contribution >= 4 is 74.9 Å². The lowest BCUT2D eigenvalue weighted by Crippen LogP contribution is -2.00. The maximum Gasteiger partial charge on any atom is 0.165 e. The molecule has 0 aliphatic carbocycles. The van der Waals surface area contributed by atoms with Crippen LogP contribution in [0.5, 0.6) is 0 Å². The van der Waals surface area contributed by atoms with Gasteiger partial charge in [-0.15, -0.1) is 11.3 Å². The zero-order valence-electron chi connectivity index (χ0n) is 27.9. The van der Waals surface area contributed by atoms with Crippen LogP contribution in [-0.4, -0.2) is 19.5 Å². The van der Waals surface area contributed by atoms with Gasteiger partial charge in [-0.05, 0) is 57.9 Å². The topological polar surface area (TPSA) is 43.6 Å². The van der Waals surface area contributed by atoms with Crippen molar-refractivity contribution in [2.45, 2.75) is 0 Å². The van der Waals surface area contributed by atoms with Gasteiger partial charge in [0.1, 0.15) is 0 Å². The van der Waals surface area contributed by atoms with Crippen LogP contribution in [0.15, 0.2) is 170 Å². The summed E-state index contributed by atoms with van der Waals surface area (Å²) in [4.78, 5) is 15.5. The number of nitrogens with zero attached hydrogens (tertiary/aromatic N) is 4. The average Bonchev–Trinajstić information content (AvgIpc) is 3.77. The minimum absolute atomic E-state index is 0.657. The fourth-order valence-electron chi connectivity index (χ4n) is 7.79. The largest absolute Gasteiger partial charge is 0.309 e. The van der Waals surface area contributed by atoms with Crippen LogP contribution in [0, 0.1) is 0 Å². The lowest BCUT2D eigenvalue weighted by Gasteiger charge is -2.11. The van der Waals surface area contributed by atoms with Gasteiger partial charge in [0.05, 0.1) is 11.0 Å². The number of fused-ring (bicyclic) bond motifs is 9. The van der Waals surface area contributed by atoms with Crippen molar-refractivity contribution in [1.29, 1.82) is 0 Å². The van der Waals surface area contributed by atoms with Gasteiger partial charge in [0.15, 0.2) is 17.5 Å². The first kappa shape index (κ1) is 29.1. The molecular weight excluding hydrogens is 653 g/mol. The zero-order valence-corrected chi connectivity index (χ0v) is 28.7. The Balaban J connectivity index is 1.18. The molecule has 8 aromatic carbocycles. The van der Waals surface area contributed by atoms with E-state index in [2.05, 4.69) is 156 Å². The van der Waals surface area contributed by atoms with Gasteiger partial charge in [-0.1, -0.05) is 133 Å². The van der Waals surface area contributed by atoms with Crippen molar-refractivity contribution in [2.24, 2.45) is 0 Å². The molecule has 11 aromatic rings. The Labute approximate surface area is 302 Å². The summed E-state index contributed by atoms with van der Waals surface area (Å²) in [6.45, 7) is 0. The Morgan fingerprint density at radius 1 is 0.404 bits per heavy atom. The van der Waals surface area contributed by atoms with E-state index >= 15 is 0 Å². The average molecular weight is 681 g/mol. The van der Waals surface area contributed by atoms with Crippen molar-refractivity contribution in [1.82, 2.24) is 19.5 Å². The van der Waals surface area contributed by atoms with Crippen LogP contribution in [0.3, 0.4) is 0 Å². The molecule has 242 valence electrons. The highest BCUT2D eigenvalue weighted by molar-refractivity contribution is 7.26. The molecule has 0 radical (unpaired) electrons. The summed E-state index contributed by atoms with van der Waals surface area (Å²) in [5, 5.41) is 9.70. The maximum absolute atomic E-state index is 5.24. The summed E-state index contributed by atoms with van der Waals surface area (Å²) in [5.41, 5.74) is 6.48. The van der Waals surface area contributed by atoms with Crippen LogP contribution in [0.1, 0.15) is 0 Å². The van der Waals surface area contributed by atoms with E-state index in [0.29, 0.717) is 17.5 Å². The minimum atomic E-state index is 0.657. The summed E-state index contributed by atoms with van der Waals surface area (Å²) < 4.78 is 4.78. The molecular formula is C47H28N4S. The van der Waals surface area contributed by atoms with Crippen LogP contribution in [-0.2, 0) is 0 Å². The molecule has 52 heavy (non-hydrogen) atoms. The highest BCUT2D eigenvalue weighted by Gasteiger charge is 2.20. The van der Waals surface area contributed by atoms with Gasteiger partial charge in [0, 0.05) is 53.3 Å². The summed E-state index contributed by atoms with van der Waals surface area (Å²) in [5.74, 6) is 1.98. The van der Waals surface area contributed by atoms with Crippen LogP contribution < -0.4 is 0 Å². The van der Waals surface area contributed by atoms with E-state index in [-0.39, 0.29) is 0 Å². The fraction of sp³-hybridized carbons (Fsp3) is 0. The first-order valence-corrected chi connectivity index (χ1v) is 18.3. The molecule has 3 aromatic heterocycles. The van der Waals surface area contributed by atoms with E-state index in [0.717, 1.165) is 33.2 Å². The minimum Gasteiger partial charge on any atom is -0.309 e. The number of aromatic nitrogens is 4. The lowest BCUT2D eigenvalue weighted by atomic mass is 9.99. The van der Waals surface area contributed by atoms with Crippen LogP contribution in [0.25, 0.3) is 103 Å². The van der Waals surface area contributed by atoms with Crippen LogP contribution in [0.2, 0.25) is 0 Å². The Morgan fingerprint density at radius 3 is 1.79 bits per heavy atom. The fourth-order valence-corrected chi connectivity index (χ4v) is 9.05. The number of benzene rings is 8. The standard InChI is InChI=1S/C47H28N4S/c1-2-13-30(14-3-1)45-48-46(33-23-22-29-12-4-5-15-31(29)26-33)50-47(49-45)39-27-32-16-6-7-17-35(32)43-38-25-24-34(28-42(38)52-44(39)43)51-40-20-10-8-18-36(40)37-19-9-11-21-41(37)51/h1-28H. The molecule has 11 rings (SSSR count). The van der Waals surface area contributed by atoms with Gasteiger partial charge in [-0.2, -0.15) is 0 Å². The highest BCUT2D eigenvalue weighted by atomic mass is 32.1. The molecule has 4 nitrogen and oxygen atoms in total. The van der Waals surface area contributed by atoms with Crippen molar-refractivity contribution in [3.05, 3.63) is 170 Å². The highest BCUT2D eigenvalue weighted by Crippen LogP contribution is 2.45. The van der Waals surface area contributed by atoms with Crippen LogP contribution in [0.4, 0.5) is 0 Å². The van der Waals surface area contributed by atoms with Gasteiger partial charge in [-0.3, -0.25) is 0 Å². The molecule has 0 bridgehead atoms. The summed E-state index contributed by atoms with van der Waals surface area (Å²) in [7, 11) is 0. The normalized spacial score (nSPS) is 11.8. The molecule has 0 aliphatic heterocycles. The smallest absolute Gasteiger partial charge is 0.165 e. The molecule has 5 heteroatoms.